The second-order valence-electron chi connectivity index (χ2n) is 8.23. The minimum atomic E-state index is -0.413. The Bertz CT molecular complexity index is 829. The van der Waals surface area contributed by atoms with Crippen LogP contribution < -0.4 is 5.32 Å². The molecule has 29 heavy (non-hydrogen) atoms. The summed E-state index contributed by atoms with van der Waals surface area (Å²) in [6.45, 7) is 1.15. The van der Waals surface area contributed by atoms with Crippen LogP contribution in [-0.4, -0.2) is 40.8 Å². The van der Waals surface area contributed by atoms with E-state index in [4.69, 9.17) is 0 Å². The fraction of sp³-hybridized carbons (Fsp3) is 0.458. The number of carbonyl (C=O) groups excluding carboxylic acids is 2. The summed E-state index contributed by atoms with van der Waals surface area (Å²) in [5.41, 5.74) is 3.23. The fourth-order valence-corrected chi connectivity index (χ4v) is 4.58. The van der Waals surface area contributed by atoms with Crippen molar-refractivity contribution >= 4 is 11.8 Å². The van der Waals surface area contributed by atoms with E-state index in [1.807, 2.05) is 35.4 Å². The SMILES string of the molecule is O=C1NCCN(C(=O)CCC2CCCC2)C1Cc1ccc(-c2cccnc2)cc1. The third kappa shape index (κ3) is 4.84. The minimum Gasteiger partial charge on any atom is -0.353 e. The van der Waals surface area contributed by atoms with Crippen LogP contribution >= 0.6 is 0 Å². The quantitative estimate of drug-likeness (QED) is 0.819. The largest absolute Gasteiger partial charge is 0.353 e. The topological polar surface area (TPSA) is 62.3 Å². The van der Waals surface area contributed by atoms with Crippen molar-refractivity contribution in [1.29, 1.82) is 0 Å². The molecule has 5 heteroatoms. The number of nitrogens with zero attached hydrogens (tertiary/aromatic N) is 2. The molecule has 1 aliphatic carbocycles. The second kappa shape index (κ2) is 9.21. The molecule has 5 nitrogen and oxygen atoms in total. The van der Waals surface area contributed by atoms with Crippen molar-refractivity contribution in [3.05, 3.63) is 54.4 Å². The van der Waals surface area contributed by atoms with Gasteiger partial charge in [0, 0.05) is 38.3 Å². The standard InChI is InChI=1S/C24H29N3O2/c28-23(12-9-18-4-1-2-5-18)27-15-14-26-24(29)22(27)16-19-7-10-20(11-8-19)21-6-3-13-25-17-21/h3,6-8,10-11,13,17-18,22H,1-2,4-5,9,12,14-16H2,(H,26,29). The van der Waals surface area contributed by atoms with Gasteiger partial charge in [0.05, 0.1) is 0 Å². The lowest BCUT2D eigenvalue weighted by atomic mass is 9.97. The molecule has 0 spiro atoms. The Morgan fingerprint density at radius 3 is 2.62 bits per heavy atom. The van der Waals surface area contributed by atoms with Gasteiger partial charge in [0.2, 0.25) is 11.8 Å². The molecular formula is C24H29N3O2. The smallest absolute Gasteiger partial charge is 0.243 e. The van der Waals surface area contributed by atoms with E-state index in [-0.39, 0.29) is 11.8 Å². The van der Waals surface area contributed by atoms with Crippen LogP contribution in [0, 0.1) is 5.92 Å². The summed E-state index contributed by atoms with van der Waals surface area (Å²) >= 11 is 0. The lowest BCUT2D eigenvalue weighted by Gasteiger charge is -2.35. The Balaban J connectivity index is 1.41. The predicted molar refractivity (Wildman–Crippen MR) is 113 cm³/mol. The summed E-state index contributed by atoms with van der Waals surface area (Å²) in [7, 11) is 0. The van der Waals surface area contributed by atoms with E-state index in [9.17, 15) is 9.59 Å². The van der Waals surface area contributed by atoms with Crippen molar-refractivity contribution in [2.24, 2.45) is 5.92 Å². The van der Waals surface area contributed by atoms with E-state index in [1.54, 1.807) is 6.20 Å². The van der Waals surface area contributed by atoms with Crippen molar-refractivity contribution in [2.45, 2.75) is 51.0 Å². The number of nitrogens with one attached hydrogen (secondary N) is 1. The number of amides is 2. The van der Waals surface area contributed by atoms with E-state index >= 15 is 0 Å². The van der Waals surface area contributed by atoms with Gasteiger partial charge in [-0.15, -0.1) is 0 Å². The molecule has 4 rings (SSSR count). The third-order valence-corrected chi connectivity index (χ3v) is 6.27. The Labute approximate surface area is 172 Å². The van der Waals surface area contributed by atoms with E-state index in [0.29, 0.717) is 31.8 Å². The number of carbonyl (C=O) groups is 2. The van der Waals surface area contributed by atoms with E-state index in [1.165, 1.54) is 25.7 Å². The van der Waals surface area contributed by atoms with Gasteiger partial charge in [0.15, 0.2) is 0 Å². The normalized spacial score (nSPS) is 19.9. The molecule has 1 atom stereocenters. The van der Waals surface area contributed by atoms with Crippen LogP contribution in [0.1, 0.15) is 44.1 Å². The van der Waals surface area contributed by atoms with Crippen molar-refractivity contribution in [1.82, 2.24) is 15.2 Å². The Hall–Kier alpha value is -2.69. The molecule has 2 amide bonds. The zero-order valence-corrected chi connectivity index (χ0v) is 16.8. The van der Waals surface area contributed by atoms with Crippen LogP contribution in [0.25, 0.3) is 11.1 Å². The van der Waals surface area contributed by atoms with Gasteiger partial charge < -0.3 is 10.2 Å². The van der Waals surface area contributed by atoms with Crippen molar-refractivity contribution in [3.63, 3.8) is 0 Å². The first-order chi connectivity index (χ1) is 14.2. The number of hydrogen-bond acceptors (Lipinski definition) is 3. The van der Waals surface area contributed by atoms with E-state index < -0.39 is 6.04 Å². The molecular weight excluding hydrogens is 362 g/mol. The van der Waals surface area contributed by atoms with Crippen LogP contribution in [0.3, 0.4) is 0 Å². The molecule has 1 aromatic carbocycles. The number of aromatic nitrogens is 1. The Kier molecular flexibility index (Phi) is 6.23. The Morgan fingerprint density at radius 2 is 1.90 bits per heavy atom. The van der Waals surface area contributed by atoms with Crippen LogP contribution in [0.2, 0.25) is 0 Å². The molecule has 2 fully saturated rings. The second-order valence-corrected chi connectivity index (χ2v) is 8.23. The van der Waals surface area contributed by atoms with Gasteiger partial charge in [-0.1, -0.05) is 56.0 Å². The van der Waals surface area contributed by atoms with Crippen LogP contribution in [0.5, 0.6) is 0 Å². The number of benzene rings is 1. The molecule has 1 saturated carbocycles. The summed E-state index contributed by atoms with van der Waals surface area (Å²) in [6.07, 6.45) is 10.8. The third-order valence-electron chi connectivity index (χ3n) is 6.27. The highest BCUT2D eigenvalue weighted by molar-refractivity contribution is 5.89. The average molecular weight is 392 g/mol. The van der Waals surface area contributed by atoms with Crippen molar-refractivity contribution in [2.75, 3.05) is 13.1 Å². The molecule has 1 unspecified atom stereocenters. The average Bonchev–Trinajstić information content (AvgIpc) is 3.28. The molecule has 0 radical (unpaired) electrons. The first-order valence-corrected chi connectivity index (χ1v) is 10.8. The summed E-state index contributed by atoms with van der Waals surface area (Å²) in [5, 5.41) is 2.93. The number of pyridine rings is 1. The minimum absolute atomic E-state index is 0.0400. The van der Waals surface area contributed by atoms with Crippen LogP contribution in [0.15, 0.2) is 48.8 Å². The Morgan fingerprint density at radius 1 is 1.10 bits per heavy atom. The van der Waals surface area contributed by atoms with Gasteiger partial charge in [0.1, 0.15) is 6.04 Å². The lowest BCUT2D eigenvalue weighted by molar-refractivity contribution is -0.143. The number of piperazine rings is 1. The molecule has 1 N–H and O–H groups in total. The summed E-state index contributed by atoms with van der Waals surface area (Å²) in [5.74, 6) is 0.779. The van der Waals surface area contributed by atoms with Crippen molar-refractivity contribution in [3.8, 4) is 11.1 Å². The maximum atomic E-state index is 12.9. The zero-order valence-electron chi connectivity index (χ0n) is 16.8. The number of hydrogen-bond donors (Lipinski definition) is 1. The number of rotatable bonds is 6. The van der Waals surface area contributed by atoms with Gasteiger partial charge in [-0.3, -0.25) is 14.6 Å². The molecule has 2 aliphatic rings. The zero-order chi connectivity index (χ0) is 20.1. The summed E-state index contributed by atoms with van der Waals surface area (Å²) in [6, 6.07) is 11.7. The lowest BCUT2D eigenvalue weighted by Crippen LogP contribution is -2.58. The first-order valence-electron chi connectivity index (χ1n) is 10.8. The summed E-state index contributed by atoms with van der Waals surface area (Å²) in [4.78, 5) is 31.4. The van der Waals surface area contributed by atoms with Crippen LogP contribution in [-0.2, 0) is 16.0 Å². The van der Waals surface area contributed by atoms with Crippen molar-refractivity contribution < 1.29 is 9.59 Å². The highest BCUT2D eigenvalue weighted by Crippen LogP contribution is 2.29. The van der Waals surface area contributed by atoms with Crippen LogP contribution in [0.4, 0.5) is 0 Å². The molecule has 1 aromatic heterocycles. The van der Waals surface area contributed by atoms with Gasteiger partial charge in [-0.2, -0.15) is 0 Å². The molecule has 152 valence electrons. The summed E-state index contributed by atoms with van der Waals surface area (Å²) < 4.78 is 0. The van der Waals surface area contributed by atoms with Gasteiger partial charge in [-0.05, 0) is 35.1 Å². The molecule has 1 saturated heterocycles. The monoisotopic (exact) mass is 391 g/mol. The highest BCUT2D eigenvalue weighted by atomic mass is 16.2. The predicted octanol–water partition coefficient (Wildman–Crippen LogP) is 3.59. The maximum Gasteiger partial charge on any atom is 0.243 e. The van der Waals surface area contributed by atoms with Gasteiger partial charge in [-0.25, -0.2) is 0 Å². The van der Waals surface area contributed by atoms with Gasteiger partial charge in [0.25, 0.3) is 0 Å². The first kappa shape index (κ1) is 19.6. The highest BCUT2D eigenvalue weighted by Gasteiger charge is 2.33. The van der Waals surface area contributed by atoms with E-state index in [2.05, 4.69) is 22.4 Å². The van der Waals surface area contributed by atoms with E-state index in [0.717, 1.165) is 23.1 Å². The molecule has 0 bridgehead atoms. The molecule has 2 heterocycles. The molecule has 1 aliphatic heterocycles. The fourth-order valence-electron chi connectivity index (χ4n) is 4.58. The van der Waals surface area contributed by atoms with Gasteiger partial charge >= 0.3 is 0 Å². The maximum absolute atomic E-state index is 12.9. The molecule has 2 aromatic rings.